The van der Waals surface area contributed by atoms with E-state index in [0.29, 0.717) is 11.4 Å². The number of imide groups is 1. The maximum Gasteiger partial charge on any atom is 0.325 e. The van der Waals surface area contributed by atoms with Gasteiger partial charge in [0.05, 0.1) is 6.54 Å². The van der Waals surface area contributed by atoms with Gasteiger partial charge in [0.1, 0.15) is 11.4 Å². The molecular formula is C13H16N4O2. The molecule has 1 aromatic heterocycles. The van der Waals surface area contributed by atoms with Crippen LogP contribution >= 0.6 is 0 Å². The number of pyridine rings is 1. The maximum absolute atomic E-state index is 12.4. The molecule has 0 radical (unpaired) electrons. The quantitative estimate of drug-likeness (QED) is 0.777. The minimum absolute atomic E-state index is 0.127. The Bertz CT molecular complexity index is 537. The van der Waals surface area contributed by atoms with E-state index in [4.69, 9.17) is 5.73 Å². The van der Waals surface area contributed by atoms with Gasteiger partial charge in [-0.25, -0.2) is 9.78 Å². The van der Waals surface area contributed by atoms with E-state index < -0.39 is 5.54 Å². The van der Waals surface area contributed by atoms with E-state index in [2.05, 4.69) is 10.3 Å². The van der Waals surface area contributed by atoms with Crippen LogP contribution in [0.5, 0.6) is 0 Å². The summed E-state index contributed by atoms with van der Waals surface area (Å²) in [6, 6.07) is 3.20. The van der Waals surface area contributed by atoms with Crippen LogP contribution in [-0.4, -0.2) is 27.4 Å². The van der Waals surface area contributed by atoms with Crippen molar-refractivity contribution in [2.75, 3.05) is 5.73 Å². The second-order valence-electron chi connectivity index (χ2n) is 5.16. The molecule has 0 atom stereocenters. The number of aromatic nitrogens is 1. The number of nitrogens with zero attached hydrogens (tertiary/aromatic N) is 2. The third kappa shape index (κ3) is 1.83. The Balaban J connectivity index is 1.84. The topological polar surface area (TPSA) is 88.3 Å². The zero-order valence-corrected chi connectivity index (χ0v) is 10.6. The average Bonchev–Trinajstić information content (AvgIpc) is 2.94. The smallest absolute Gasteiger partial charge is 0.325 e. The molecule has 2 heterocycles. The zero-order chi connectivity index (χ0) is 13.5. The summed E-state index contributed by atoms with van der Waals surface area (Å²) in [4.78, 5) is 29.6. The van der Waals surface area contributed by atoms with Crippen molar-refractivity contribution in [1.29, 1.82) is 0 Å². The number of hydrogen-bond donors (Lipinski definition) is 2. The molecule has 1 saturated heterocycles. The van der Waals surface area contributed by atoms with Crippen molar-refractivity contribution < 1.29 is 9.59 Å². The predicted octanol–water partition coefficient (Wildman–Crippen LogP) is 1.03. The number of nitrogens with one attached hydrogen (secondary N) is 1. The minimum Gasteiger partial charge on any atom is -0.383 e. The van der Waals surface area contributed by atoms with Crippen molar-refractivity contribution in [3.8, 4) is 0 Å². The highest BCUT2D eigenvalue weighted by atomic mass is 16.2. The number of carbonyl (C=O) groups is 2. The highest BCUT2D eigenvalue weighted by Crippen LogP contribution is 2.35. The molecule has 2 aliphatic rings. The van der Waals surface area contributed by atoms with Gasteiger partial charge in [-0.15, -0.1) is 0 Å². The molecule has 0 aromatic carbocycles. The third-order valence-corrected chi connectivity index (χ3v) is 3.96. The van der Waals surface area contributed by atoms with Gasteiger partial charge < -0.3 is 11.1 Å². The fraction of sp³-hybridized carbons (Fsp3) is 0.462. The fourth-order valence-electron chi connectivity index (χ4n) is 2.89. The van der Waals surface area contributed by atoms with Gasteiger partial charge in [0.2, 0.25) is 0 Å². The second kappa shape index (κ2) is 4.22. The van der Waals surface area contributed by atoms with Crippen molar-refractivity contribution in [1.82, 2.24) is 15.2 Å². The van der Waals surface area contributed by atoms with Gasteiger partial charge in [0.25, 0.3) is 5.91 Å². The normalized spacial score (nSPS) is 21.2. The van der Waals surface area contributed by atoms with Gasteiger partial charge >= 0.3 is 6.03 Å². The summed E-state index contributed by atoms with van der Waals surface area (Å²) in [6.45, 7) is 0.187. The standard InChI is InChI=1S/C13H16N4O2/c14-10-9(4-3-7-15-10)8-17-11(18)13(16-12(17)19)5-1-2-6-13/h3-4,7H,1-2,5-6,8H2,(H2,14,15)(H,16,19). The Morgan fingerprint density at radius 3 is 2.79 bits per heavy atom. The van der Waals surface area contributed by atoms with Crippen LogP contribution in [0.1, 0.15) is 31.2 Å². The molecule has 1 spiro atoms. The molecule has 6 heteroatoms. The molecule has 6 nitrogen and oxygen atoms in total. The first-order chi connectivity index (χ1) is 9.12. The Morgan fingerprint density at radius 1 is 1.37 bits per heavy atom. The summed E-state index contributed by atoms with van der Waals surface area (Å²) in [5.41, 5.74) is 5.79. The number of nitrogens with two attached hydrogens (primary N) is 1. The molecule has 3 N–H and O–H groups in total. The number of amides is 3. The number of hydrogen-bond acceptors (Lipinski definition) is 4. The Hall–Kier alpha value is -2.11. The molecule has 2 fully saturated rings. The number of nitrogen functional groups attached to an aromatic ring is 1. The summed E-state index contributed by atoms with van der Waals surface area (Å²) in [5, 5.41) is 2.85. The van der Waals surface area contributed by atoms with Crippen molar-refractivity contribution in [3.05, 3.63) is 23.9 Å². The lowest BCUT2D eigenvalue weighted by Gasteiger charge is -2.20. The van der Waals surface area contributed by atoms with E-state index in [9.17, 15) is 9.59 Å². The largest absolute Gasteiger partial charge is 0.383 e. The second-order valence-corrected chi connectivity index (χ2v) is 5.16. The third-order valence-electron chi connectivity index (χ3n) is 3.96. The molecule has 0 bridgehead atoms. The van der Waals surface area contributed by atoms with Gasteiger partial charge in [-0.1, -0.05) is 18.9 Å². The van der Waals surface area contributed by atoms with Crippen molar-refractivity contribution in [3.63, 3.8) is 0 Å². The van der Waals surface area contributed by atoms with E-state index in [-0.39, 0.29) is 18.5 Å². The maximum atomic E-state index is 12.4. The summed E-state index contributed by atoms with van der Waals surface area (Å²) < 4.78 is 0. The van der Waals surface area contributed by atoms with Crippen LogP contribution in [0.2, 0.25) is 0 Å². The van der Waals surface area contributed by atoms with Crippen LogP contribution < -0.4 is 11.1 Å². The number of urea groups is 1. The van der Waals surface area contributed by atoms with Gasteiger partial charge in [-0.3, -0.25) is 9.69 Å². The summed E-state index contributed by atoms with van der Waals surface area (Å²) >= 11 is 0. The fourth-order valence-corrected chi connectivity index (χ4v) is 2.89. The van der Waals surface area contributed by atoms with Crippen LogP contribution in [0.15, 0.2) is 18.3 Å². The Labute approximate surface area is 111 Å². The number of anilines is 1. The lowest BCUT2D eigenvalue weighted by atomic mass is 9.98. The highest BCUT2D eigenvalue weighted by Gasteiger charge is 2.52. The molecule has 1 aliphatic heterocycles. The van der Waals surface area contributed by atoms with Crippen LogP contribution in [0.25, 0.3) is 0 Å². The van der Waals surface area contributed by atoms with E-state index in [1.807, 2.05) is 0 Å². The predicted molar refractivity (Wildman–Crippen MR) is 68.9 cm³/mol. The first-order valence-corrected chi connectivity index (χ1v) is 6.46. The van der Waals surface area contributed by atoms with Gasteiger partial charge in [0.15, 0.2) is 0 Å². The molecule has 1 saturated carbocycles. The SMILES string of the molecule is Nc1ncccc1CN1C(=O)NC2(CCCC2)C1=O. The molecule has 3 amide bonds. The van der Waals surface area contributed by atoms with E-state index >= 15 is 0 Å². The first kappa shape index (κ1) is 12.0. The molecule has 100 valence electrons. The van der Waals surface area contributed by atoms with Gasteiger partial charge in [-0.05, 0) is 18.9 Å². The van der Waals surface area contributed by atoms with Crippen LogP contribution in [-0.2, 0) is 11.3 Å². The Kier molecular flexibility index (Phi) is 2.66. The lowest BCUT2D eigenvalue weighted by Crippen LogP contribution is -2.44. The van der Waals surface area contributed by atoms with E-state index in [1.54, 1.807) is 18.3 Å². The van der Waals surface area contributed by atoms with Crippen LogP contribution in [0.4, 0.5) is 10.6 Å². The summed E-state index contributed by atoms with van der Waals surface area (Å²) in [7, 11) is 0. The molecular weight excluding hydrogens is 244 g/mol. The van der Waals surface area contributed by atoms with Crippen LogP contribution in [0, 0.1) is 0 Å². The summed E-state index contributed by atoms with van der Waals surface area (Å²) in [6.07, 6.45) is 5.01. The molecule has 19 heavy (non-hydrogen) atoms. The zero-order valence-electron chi connectivity index (χ0n) is 10.6. The lowest BCUT2D eigenvalue weighted by molar-refractivity contribution is -0.131. The average molecular weight is 260 g/mol. The van der Waals surface area contributed by atoms with Crippen molar-refractivity contribution in [2.45, 2.75) is 37.8 Å². The van der Waals surface area contributed by atoms with E-state index in [1.165, 1.54) is 4.90 Å². The number of rotatable bonds is 2. The van der Waals surface area contributed by atoms with Gasteiger partial charge in [0, 0.05) is 11.8 Å². The minimum atomic E-state index is -0.659. The molecule has 1 aliphatic carbocycles. The molecule has 1 aromatic rings. The first-order valence-electron chi connectivity index (χ1n) is 6.46. The highest BCUT2D eigenvalue weighted by molar-refractivity contribution is 6.07. The summed E-state index contributed by atoms with van der Waals surface area (Å²) in [5.74, 6) is 0.230. The van der Waals surface area contributed by atoms with Crippen molar-refractivity contribution in [2.24, 2.45) is 0 Å². The molecule has 0 unspecified atom stereocenters. The Morgan fingerprint density at radius 2 is 2.11 bits per heavy atom. The molecule has 3 rings (SSSR count). The van der Waals surface area contributed by atoms with Crippen molar-refractivity contribution >= 4 is 17.8 Å². The number of carbonyl (C=O) groups excluding carboxylic acids is 2. The van der Waals surface area contributed by atoms with Gasteiger partial charge in [-0.2, -0.15) is 0 Å². The monoisotopic (exact) mass is 260 g/mol. The van der Waals surface area contributed by atoms with E-state index in [0.717, 1.165) is 25.7 Å². The van der Waals surface area contributed by atoms with Crippen LogP contribution in [0.3, 0.4) is 0 Å².